The number of H-pyrrole nitrogens is 1. The van der Waals surface area contributed by atoms with Crippen LogP contribution in [0.2, 0.25) is 0 Å². The molecule has 0 spiro atoms. The molecule has 0 saturated heterocycles. The van der Waals surface area contributed by atoms with E-state index in [1.54, 1.807) is 36.4 Å². The Morgan fingerprint density at radius 3 is 2.78 bits per heavy atom. The van der Waals surface area contributed by atoms with Gasteiger partial charge < -0.3 is 14.1 Å². The number of imidazole rings is 1. The average Bonchev–Trinajstić information content (AvgIpc) is 3.36. The number of aromatic nitrogens is 2. The highest BCUT2D eigenvalue weighted by atomic mass is 16.5. The molecule has 0 bridgehead atoms. The fourth-order valence-electron chi connectivity index (χ4n) is 2.51. The van der Waals surface area contributed by atoms with Gasteiger partial charge in [-0.1, -0.05) is 12.1 Å². The number of hydrogen-bond acceptors (Lipinski definition) is 5. The van der Waals surface area contributed by atoms with Crippen LogP contribution in [-0.4, -0.2) is 22.1 Å². The van der Waals surface area contributed by atoms with Gasteiger partial charge in [0.15, 0.2) is 0 Å². The maximum atomic E-state index is 12.1. The smallest absolute Gasteiger partial charge is 0.271 e. The van der Waals surface area contributed by atoms with Gasteiger partial charge in [-0.3, -0.25) is 4.79 Å². The monoisotopic (exact) mass is 360 g/mol. The van der Waals surface area contributed by atoms with Gasteiger partial charge in [0.1, 0.15) is 23.9 Å². The van der Waals surface area contributed by atoms with Crippen LogP contribution in [0, 0.1) is 0 Å². The van der Waals surface area contributed by atoms with Crippen molar-refractivity contribution in [2.75, 3.05) is 0 Å². The molecule has 2 aromatic heterocycles. The molecule has 0 aliphatic rings. The third kappa shape index (κ3) is 4.04. The first-order valence-corrected chi connectivity index (χ1v) is 8.31. The highest BCUT2D eigenvalue weighted by Gasteiger charge is 2.06. The molecule has 27 heavy (non-hydrogen) atoms. The number of ether oxygens (including phenoxy) is 1. The highest BCUT2D eigenvalue weighted by molar-refractivity contribution is 5.94. The predicted octanol–water partition coefficient (Wildman–Crippen LogP) is 3.50. The molecule has 7 nitrogen and oxygen atoms in total. The summed E-state index contributed by atoms with van der Waals surface area (Å²) in [6, 6.07) is 18.1. The van der Waals surface area contributed by atoms with Gasteiger partial charge in [-0.15, -0.1) is 0 Å². The zero-order valence-corrected chi connectivity index (χ0v) is 14.3. The van der Waals surface area contributed by atoms with Gasteiger partial charge in [0, 0.05) is 5.56 Å². The van der Waals surface area contributed by atoms with Crippen molar-refractivity contribution in [3.05, 3.63) is 84.1 Å². The van der Waals surface area contributed by atoms with Crippen molar-refractivity contribution in [2.45, 2.75) is 6.61 Å². The minimum Gasteiger partial charge on any atom is -0.486 e. The van der Waals surface area contributed by atoms with E-state index in [-0.39, 0.29) is 5.91 Å². The Hall–Kier alpha value is -3.87. The van der Waals surface area contributed by atoms with Crippen molar-refractivity contribution in [3.63, 3.8) is 0 Å². The Labute approximate surface area is 154 Å². The second-order valence-corrected chi connectivity index (χ2v) is 5.73. The van der Waals surface area contributed by atoms with Crippen molar-refractivity contribution in [3.8, 4) is 5.75 Å². The van der Waals surface area contributed by atoms with Gasteiger partial charge in [-0.2, -0.15) is 5.10 Å². The van der Waals surface area contributed by atoms with E-state index in [1.807, 2.05) is 24.3 Å². The Morgan fingerprint density at radius 2 is 2.00 bits per heavy atom. The third-order valence-corrected chi connectivity index (χ3v) is 3.83. The molecule has 134 valence electrons. The van der Waals surface area contributed by atoms with Gasteiger partial charge >= 0.3 is 0 Å². The summed E-state index contributed by atoms with van der Waals surface area (Å²) in [6.07, 6.45) is 2.97. The van der Waals surface area contributed by atoms with Crippen molar-refractivity contribution in [1.82, 2.24) is 15.4 Å². The van der Waals surface area contributed by atoms with Gasteiger partial charge in [-0.25, -0.2) is 10.4 Å². The van der Waals surface area contributed by atoms with Crippen LogP contribution in [-0.2, 0) is 6.61 Å². The number of nitrogens with one attached hydrogen (secondary N) is 2. The van der Waals surface area contributed by atoms with Gasteiger partial charge in [-0.05, 0) is 48.5 Å². The zero-order valence-electron chi connectivity index (χ0n) is 14.3. The lowest BCUT2D eigenvalue weighted by molar-refractivity contribution is 0.0955. The summed E-state index contributed by atoms with van der Waals surface area (Å²) >= 11 is 0. The zero-order chi connectivity index (χ0) is 18.5. The van der Waals surface area contributed by atoms with Crippen LogP contribution in [0.15, 0.2) is 76.4 Å². The lowest BCUT2D eigenvalue weighted by Gasteiger charge is -2.05. The van der Waals surface area contributed by atoms with Crippen LogP contribution in [0.3, 0.4) is 0 Å². The van der Waals surface area contributed by atoms with Gasteiger partial charge in [0.2, 0.25) is 0 Å². The standard InChI is InChI=1S/C20H16N4O3/c25-20(24-21-12-16-4-3-11-26-16)14-7-9-15(10-8-14)27-13-19-22-17-5-1-2-6-18(17)23-19/h1-12H,13H2,(H,22,23)(H,24,25)/b21-12-. The second kappa shape index (κ2) is 7.57. The Morgan fingerprint density at radius 1 is 1.15 bits per heavy atom. The number of furan rings is 1. The van der Waals surface area contributed by atoms with Crippen LogP contribution in [0.1, 0.15) is 21.9 Å². The number of rotatable bonds is 6. The fourth-order valence-corrected chi connectivity index (χ4v) is 2.51. The normalized spacial score (nSPS) is 11.1. The van der Waals surface area contributed by atoms with E-state index in [9.17, 15) is 4.79 Å². The number of hydrogen-bond donors (Lipinski definition) is 2. The Kier molecular flexibility index (Phi) is 4.65. The number of nitrogens with zero attached hydrogens (tertiary/aromatic N) is 2. The van der Waals surface area contributed by atoms with E-state index in [1.165, 1.54) is 12.5 Å². The molecule has 0 aliphatic heterocycles. The maximum Gasteiger partial charge on any atom is 0.271 e. The molecule has 7 heteroatoms. The van der Waals surface area contributed by atoms with E-state index in [2.05, 4.69) is 20.5 Å². The molecule has 0 atom stereocenters. The summed E-state index contributed by atoms with van der Waals surface area (Å²) in [5.74, 6) is 1.63. The molecule has 0 radical (unpaired) electrons. The molecular formula is C20H16N4O3. The number of aromatic amines is 1. The largest absolute Gasteiger partial charge is 0.486 e. The fraction of sp³-hybridized carbons (Fsp3) is 0.0500. The molecular weight excluding hydrogens is 344 g/mol. The van der Waals surface area contributed by atoms with Crippen molar-refractivity contribution in [1.29, 1.82) is 0 Å². The van der Waals surface area contributed by atoms with Crippen molar-refractivity contribution < 1.29 is 13.9 Å². The molecule has 4 rings (SSSR count). The number of carbonyl (C=O) groups is 1. The number of benzene rings is 2. The summed E-state index contributed by atoms with van der Waals surface area (Å²) in [5.41, 5.74) is 4.79. The van der Waals surface area contributed by atoms with Gasteiger partial charge in [0.05, 0.1) is 23.5 Å². The van der Waals surface area contributed by atoms with Crippen LogP contribution in [0.4, 0.5) is 0 Å². The van der Waals surface area contributed by atoms with Crippen molar-refractivity contribution in [2.24, 2.45) is 5.10 Å². The van der Waals surface area contributed by atoms with E-state index in [0.717, 1.165) is 16.9 Å². The summed E-state index contributed by atoms with van der Waals surface area (Å²) in [7, 11) is 0. The molecule has 1 amide bonds. The average molecular weight is 360 g/mol. The Balaban J connectivity index is 1.33. The minimum absolute atomic E-state index is 0.313. The first-order valence-electron chi connectivity index (χ1n) is 8.31. The topological polar surface area (TPSA) is 92.5 Å². The number of para-hydroxylation sites is 2. The first kappa shape index (κ1) is 16.6. The molecule has 0 unspecified atom stereocenters. The predicted molar refractivity (Wildman–Crippen MR) is 101 cm³/mol. The Bertz CT molecular complexity index is 1030. The summed E-state index contributed by atoms with van der Waals surface area (Å²) in [6.45, 7) is 0.313. The summed E-state index contributed by atoms with van der Waals surface area (Å²) in [5, 5.41) is 3.85. The number of carbonyl (C=O) groups excluding carboxylic acids is 1. The summed E-state index contributed by atoms with van der Waals surface area (Å²) in [4.78, 5) is 19.7. The lowest BCUT2D eigenvalue weighted by Crippen LogP contribution is -2.17. The second-order valence-electron chi connectivity index (χ2n) is 5.73. The van der Waals surface area contributed by atoms with Crippen LogP contribution in [0.25, 0.3) is 11.0 Å². The van der Waals surface area contributed by atoms with Crippen molar-refractivity contribution >= 4 is 23.2 Å². The van der Waals surface area contributed by atoms with Crippen LogP contribution < -0.4 is 10.2 Å². The number of amides is 1. The molecule has 0 saturated carbocycles. The van der Waals surface area contributed by atoms with E-state index < -0.39 is 0 Å². The van der Waals surface area contributed by atoms with Crippen LogP contribution >= 0.6 is 0 Å². The molecule has 0 aliphatic carbocycles. The van der Waals surface area contributed by atoms with E-state index in [0.29, 0.717) is 23.7 Å². The molecule has 2 aromatic carbocycles. The third-order valence-electron chi connectivity index (χ3n) is 3.83. The number of hydrazone groups is 1. The lowest BCUT2D eigenvalue weighted by atomic mass is 10.2. The van der Waals surface area contributed by atoms with Crippen LogP contribution in [0.5, 0.6) is 5.75 Å². The molecule has 2 heterocycles. The number of fused-ring (bicyclic) bond motifs is 1. The van der Waals surface area contributed by atoms with Gasteiger partial charge in [0.25, 0.3) is 5.91 Å². The maximum absolute atomic E-state index is 12.1. The quantitative estimate of drug-likeness (QED) is 0.407. The van der Waals surface area contributed by atoms with E-state index >= 15 is 0 Å². The van der Waals surface area contributed by atoms with E-state index in [4.69, 9.17) is 9.15 Å². The molecule has 0 fully saturated rings. The molecule has 2 N–H and O–H groups in total. The molecule has 4 aromatic rings. The SMILES string of the molecule is O=C(N/N=C\c1ccco1)c1ccc(OCc2nc3ccccc3[nH]2)cc1. The minimum atomic E-state index is -0.318. The highest BCUT2D eigenvalue weighted by Crippen LogP contribution is 2.15. The first-order chi connectivity index (χ1) is 13.3. The summed E-state index contributed by atoms with van der Waals surface area (Å²) < 4.78 is 10.8.